The molecule has 4 rings (SSSR count). The van der Waals surface area contributed by atoms with Crippen LogP contribution in [0.15, 0.2) is 47.1 Å². The number of fused-ring (bicyclic) bond motifs is 1. The van der Waals surface area contributed by atoms with E-state index in [1.165, 1.54) is 11.1 Å². The molecule has 3 aromatic rings. The average Bonchev–Trinajstić information content (AvgIpc) is 3.14. The van der Waals surface area contributed by atoms with Gasteiger partial charge in [-0.3, -0.25) is 4.40 Å². The topological polar surface area (TPSA) is 30.2 Å². The van der Waals surface area contributed by atoms with Crippen LogP contribution in [0.25, 0.3) is 5.65 Å². The van der Waals surface area contributed by atoms with Gasteiger partial charge in [-0.15, -0.1) is 10.2 Å². The van der Waals surface area contributed by atoms with Gasteiger partial charge >= 0.3 is 0 Å². The van der Waals surface area contributed by atoms with Gasteiger partial charge in [0.25, 0.3) is 0 Å². The van der Waals surface area contributed by atoms with E-state index in [-0.39, 0.29) is 5.41 Å². The van der Waals surface area contributed by atoms with E-state index in [9.17, 15) is 0 Å². The Morgan fingerprint density at radius 2 is 1.80 bits per heavy atom. The Labute approximate surface area is 125 Å². The van der Waals surface area contributed by atoms with Crippen LogP contribution in [0.4, 0.5) is 0 Å². The summed E-state index contributed by atoms with van der Waals surface area (Å²) in [6.45, 7) is 2.12. The minimum Gasteiger partial charge on any atom is -0.285 e. The highest BCUT2D eigenvalue weighted by atomic mass is 79.9. The van der Waals surface area contributed by atoms with Crippen molar-refractivity contribution in [2.75, 3.05) is 0 Å². The molecule has 1 saturated carbocycles. The fraction of sp³-hybridized carbons (Fsp3) is 0.250. The first-order valence-electron chi connectivity index (χ1n) is 6.77. The Morgan fingerprint density at radius 3 is 2.50 bits per heavy atom. The van der Waals surface area contributed by atoms with Crippen LogP contribution in [0.1, 0.15) is 29.8 Å². The molecule has 4 heteroatoms. The van der Waals surface area contributed by atoms with E-state index < -0.39 is 0 Å². The molecule has 0 atom stereocenters. The van der Waals surface area contributed by atoms with Crippen LogP contribution in [-0.2, 0) is 5.41 Å². The van der Waals surface area contributed by atoms with Crippen molar-refractivity contribution in [1.82, 2.24) is 14.6 Å². The van der Waals surface area contributed by atoms with Crippen molar-refractivity contribution in [2.24, 2.45) is 0 Å². The van der Waals surface area contributed by atoms with Crippen LogP contribution in [0.2, 0.25) is 0 Å². The van der Waals surface area contributed by atoms with Crippen molar-refractivity contribution >= 4 is 21.6 Å². The zero-order chi connectivity index (χ0) is 13.7. The average molecular weight is 328 g/mol. The minimum atomic E-state index is 0.0495. The number of aromatic nitrogens is 3. The van der Waals surface area contributed by atoms with Crippen LogP contribution in [0.5, 0.6) is 0 Å². The molecule has 1 fully saturated rings. The molecule has 100 valence electrons. The number of halogens is 1. The second-order valence-corrected chi connectivity index (χ2v) is 6.46. The SMILES string of the molecule is Cc1ccc(C2(c3nnc4ccc(Br)cn34)CC2)cc1. The highest BCUT2D eigenvalue weighted by molar-refractivity contribution is 9.10. The number of aryl methyl sites for hydroxylation is 1. The lowest BCUT2D eigenvalue weighted by atomic mass is 9.94. The smallest absolute Gasteiger partial charge is 0.160 e. The van der Waals surface area contributed by atoms with Gasteiger partial charge in [-0.1, -0.05) is 29.8 Å². The molecule has 0 unspecified atom stereocenters. The van der Waals surface area contributed by atoms with E-state index in [0.29, 0.717) is 0 Å². The third-order valence-electron chi connectivity index (χ3n) is 4.15. The van der Waals surface area contributed by atoms with E-state index in [0.717, 1.165) is 28.8 Å². The quantitative estimate of drug-likeness (QED) is 0.715. The van der Waals surface area contributed by atoms with Gasteiger partial charge in [-0.2, -0.15) is 0 Å². The number of benzene rings is 1. The molecule has 0 radical (unpaired) electrons. The Bertz CT molecular complexity index is 785. The predicted octanol–water partition coefficient (Wildman–Crippen LogP) is 3.88. The van der Waals surface area contributed by atoms with Crippen molar-refractivity contribution in [2.45, 2.75) is 25.2 Å². The number of hydrogen-bond donors (Lipinski definition) is 0. The molecule has 1 aliphatic carbocycles. The Balaban J connectivity index is 1.90. The molecular weight excluding hydrogens is 314 g/mol. The molecule has 0 aliphatic heterocycles. The number of rotatable bonds is 2. The van der Waals surface area contributed by atoms with Gasteiger partial charge < -0.3 is 0 Å². The Morgan fingerprint density at radius 1 is 1.05 bits per heavy atom. The van der Waals surface area contributed by atoms with Crippen LogP contribution in [0, 0.1) is 6.92 Å². The summed E-state index contributed by atoms with van der Waals surface area (Å²) in [5.74, 6) is 1.05. The molecule has 2 heterocycles. The summed E-state index contributed by atoms with van der Waals surface area (Å²) in [6, 6.07) is 12.8. The molecule has 0 bridgehead atoms. The maximum absolute atomic E-state index is 4.46. The van der Waals surface area contributed by atoms with Gasteiger partial charge in [0, 0.05) is 10.7 Å². The number of nitrogens with zero attached hydrogens (tertiary/aromatic N) is 3. The van der Waals surface area contributed by atoms with E-state index in [4.69, 9.17) is 0 Å². The lowest BCUT2D eigenvalue weighted by Gasteiger charge is -2.14. The van der Waals surface area contributed by atoms with E-state index in [2.05, 4.69) is 67.9 Å². The van der Waals surface area contributed by atoms with Crippen molar-refractivity contribution in [3.05, 3.63) is 64.0 Å². The van der Waals surface area contributed by atoms with Crippen molar-refractivity contribution in [3.63, 3.8) is 0 Å². The fourth-order valence-corrected chi connectivity index (χ4v) is 3.17. The number of pyridine rings is 1. The van der Waals surface area contributed by atoms with E-state index in [1.54, 1.807) is 0 Å². The van der Waals surface area contributed by atoms with Gasteiger partial charge in [0.1, 0.15) is 5.82 Å². The second-order valence-electron chi connectivity index (χ2n) is 5.55. The molecule has 0 N–H and O–H groups in total. The highest BCUT2D eigenvalue weighted by Gasteiger charge is 2.49. The minimum absolute atomic E-state index is 0.0495. The highest BCUT2D eigenvalue weighted by Crippen LogP contribution is 2.52. The van der Waals surface area contributed by atoms with Gasteiger partial charge in [0.05, 0.1) is 5.41 Å². The first-order chi connectivity index (χ1) is 9.69. The molecule has 20 heavy (non-hydrogen) atoms. The van der Waals surface area contributed by atoms with Crippen LogP contribution < -0.4 is 0 Å². The molecule has 1 aliphatic rings. The summed E-state index contributed by atoms with van der Waals surface area (Å²) in [4.78, 5) is 0. The summed E-state index contributed by atoms with van der Waals surface area (Å²) < 4.78 is 3.16. The number of hydrogen-bond acceptors (Lipinski definition) is 2. The summed E-state index contributed by atoms with van der Waals surface area (Å²) in [6.07, 6.45) is 4.34. The summed E-state index contributed by atoms with van der Waals surface area (Å²) >= 11 is 3.53. The maximum atomic E-state index is 4.46. The first kappa shape index (κ1) is 12.1. The fourth-order valence-electron chi connectivity index (χ4n) is 2.83. The zero-order valence-electron chi connectivity index (χ0n) is 11.2. The molecular formula is C16H14BrN3. The molecule has 1 aromatic carbocycles. The lowest BCUT2D eigenvalue weighted by molar-refractivity contribution is 0.739. The lowest BCUT2D eigenvalue weighted by Crippen LogP contribution is -2.13. The third-order valence-corrected chi connectivity index (χ3v) is 4.62. The van der Waals surface area contributed by atoms with Gasteiger partial charge in [0.2, 0.25) is 0 Å². The monoisotopic (exact) mass is 327 g/mol. The molecule has 0 amide bonds. The molecule has 0 saturated heterocycles. The predicted molar refractivity (Wildman–Crippen MR) is 81.9 cm³/mol. The first-order valence-corrected chi connectivity index (χ1v) is 7.56. The normalized spacial score (nSPS) is 16.5. The molecule has 2 aromatic heterocycles. The Kier molecular flexibility index (Phi) is 2.51. The summed E-state index contributed by atoms with van der Waals surface area (Å²) in [5, 5.41) is 8.76. The van der Waals surface area contributed by atoms with Gasteiger partial charge in [-0.25, -0.2) is 0 Å². The summed E-state index contributed by atoms with van der Waals surface area (Å²) in [5.41, 5.74) is 3.59. The van der Waals surface area contributed by atoms with Crippen molar-refractivity contribution in [3.8, 4) is 0 Å². The Hall–Kier alpha value is -1.68. The third kappa shape index (κ3) is 1.71. The van der Waals surface area contributed by atoms with Crippen LogP contribution in [-0.4, -0.2) is 14.6 Å². The van der Waals surface area contributed by atoms with E-state index >= 15 is 0 Å². The van der Waals surface area contributed by atoms with E-state index in [1.807, 2.05) is 12.1 Å². The van der Waals surface area contributed by atoms with Crippen molar-refractivity contribution in [1.29, 1.82) is 0 Å². The maximum Gasteiger partial charge on any atom is 0.160 e. The van der Waals surface area contributed by atoms with Crippen LogP contribution >= 0.6 is 15.9 Å². The summed E-state index contributed by atoms with van der Waals surface area (Å²) in [7, 11) is 0. The van der Waals surface area contributed by atoms with Crippen LogP contribution in [0.3, 0.4) is 0 Å². The zero-order valence-corrected chi connectivity index (χ0v) is 12.8. The standard InChI is InChI=1S/C16H14BrN3/c1-11-2-4-12(5-3-11)16(8-9-16)15-19-18-14-7-6-13(17)10-20(14)15/h2-7,10H,8-9H2,1H3. The second kappa shape index (κ2) is 4.16. The van der Waals surface area contributed by atoms with Gasteiger partial charge in [0.15, 0.2) is 5.65 Å². The molecule has 3 nitrogen and oxygen atoms in total. The van der Waals surface area contributed by atoms with Gasteiger partial charge in [-0.05, 0) is 53.4 Å². The largest absolute Gasteiger partial charge is 0.285 e. The molecule has 0 spiro atoms. The van der Waals surface area contributed by atoms with Crippen molar-refractivity contribution < 1.29 is 0 Å².